The van der Waals surface area contributed by atoms with E-state index in [1.807, 2.05) is 38.1 Å². The monoisotopic (exact) mass is 764 g/mol. The predicted octanol–water partition coefficient (Wildman–Crippen LogP) is 7.37. The zero-order chi connectivity index (χ0) is 38.3. The number of fused-ring (bicyclic) bond motifs is 2. The van der Waals surface area contributed by atoms with Crippen molar-refractivity contribution in [3.8, 4) is 11.5 Å². The second-order valence-electron chi connectivity index (χ2n) is 13.3. The highest BCUT2D eigenvalue weighted by molar-refractivity contribution is 6.31. The lowest BCUT2D eigenvalue weighted by molar-refractivity contribution is -0.138. The minimum atomic E-state index is -0.226. The minimum absolute atomic E-state index is 0.0759. The third-order valence-electron chi connectivity index (χ3n) is 10.3. The fourth-order valence-electron chi connectivity index (χ4n) is 7.32. The molecule has 2 aromatic heterocycles. The quantitative estimate of drug-likeness (QED) is 0.160. The van der Waals surface area contributed by atoms with Gasteiger partial charge in [-0.3, -0.25) is 28.3 Å². The fourth-order valence-corrected chi connectivity index (χ4v) is 7.57. The molecule has 1 aliphatic heterocycles. The van der Waals surface area contributed by atoms with E-state index < -0.39 is 0 Å². The number of benzene rings is 4. The summed E-state index contributed by atoms with van der Waals surface area (Å²) in [6.07, 6.45) is 0.152. The average Bonchev–Trinajstić information content (AvgIpc) is 3.62. The molecule has 7 rings (SSSR count). The van der Waals surface area contributed by atoms with E-state index in [0.717, 1.165) is 21.9 Å². The lowest BCUT2D eigenvalue weighted by atomic mass is 10.1. The lowest BCUT2D eigenvalue weighted by Gasteiger charge is -2.35. The number of rotatable bonds is 8. The number of methoxy groups -OCH3 is 2. The van der Waals surface area contributed by atoms with Crippen LogP contribution in [0.25, 0.3) is 21.8 Å². The summed E-state index contributed by atoms with van der Waals surface area (Å²) in [6.45, 7) is 5.13. The van der Waals surface area contributed by atoms with Crippen LogP contribution in [0, 0.1) is 13.8 Å². The first-order valence-electron chi connectivity index (χ1n) is 17.5. The number of ether oxygens (including phenoxy) is 2. The molecule has 54 heavy (non-hydrogen) atoms. The summed E-state index contributed by atoms with van der Waals surface area (Å²) < 4.78 is 14.3. The highest BCUT2D eigenvalue weighted by Gasteiger charge is 2.29. The van der Waals surface area contributed by atoms with E-state index >= 15 is 0 Å². The van der Waals surface area contributed by atoms with E-state index in [0.29, 0.717) is 81.3 Å². The van der Waals surface area contributed by atoms with E-state index in [-0.39, 0.29) is 36.5 Å². The summed E-state index contributed by atoms with van der Waals surface area (Å²) in [7, 11) is 3.15. The number of amides is 2. The zero-order valence-electron chi connectivity index (χ0n) is 30.3. The number of carbonyl (C=O) groups excluding carboxylic acids is 4. The van der Waals surface area contributed by atoms with E-state index in [4.69, 9.17) is 32.7 Å². The Balaban J connectivity index is 1.09. The van der Waals surface area contributed by atoms with Crippen LogP contribution in [0.15, 0.2) is 84.9 Å². The molecule has 12 heteroatoms. The van der Waals surface area contributed by atoms with Crippen molar-refractivity contribution in [3.63, 3.8) is 0 Å². The van der Waals surface area contributed by atoms with Crippen LogP contribution in [0.4, 0.5) is 0 Å². The normalized spacial score (nSPS) is 13.1. The second-order valence-corrected chi connectivity index (χ2v) is 14.2. The topological polar surface area (TPSA) is 103 Å². The van der Waals surface area contributed by atoms with Gasteiger partial charge < -0.3 is 19.3 Å². The minimum Gasteiger partial charge on any atom is -0.497 e. The number of halogens is 2. The van der Waals surface area contributed by atoms with Crippen molar-refractivity contribution in [2.75, 3.05) is 40.4 Å². The first kappa shape index (κ1) is 36.8. The van der Waals surface area contributed by atoms with Gasteiger partial charge in [0.1, 0.15) is 11.5 Å². The van der Waals surface area contributed by atoms with E-state index in [2.05, 4.69) is 0 Å². The Morgan fingerprint density at radius 3 is 1.24 bits per heavy atom. The Hall–Kier alpha value is -5.58. The molecule has 276 valence electrons. The number of carbonyl (C=O) groups is 4. The molecule has 0 N–H and O–H groups in total. The molecule has 0 unspecified atom stereocenters. The second kappa shape index (κ2) is 15.0. The van der Waals surface area contributed by atoms with Gasteiger partial charge in [-0.1, -0.05) is 23.2 Å². The van der Waals surface area contributed by atoms with Crippen LogP contribution in [0.2, 0.25) is 10.0 Å². The Morgan fingerprint density at radius 1 is 0.556 bits per heavy atom. The van der Waals surface area contributed by atoms with Crippen LogP contribution in [0.3, 0.4) is 0 Å². The number of piperazine rings is 1. The van der Waals surface area contributed by atoms with Gasteiger partial charge in [0, 0.05) is 69.5 Å². The van der Waals surface area contributed by atoms with Gasteiger partial charge in [-0.05, 0) is 110 Å². The molecule has 0 saturated carbocycles. The van der Waals surface area contributed by atoms with Gasteiger partial charge in [0.25, 0.3) is 11.8 Å². The molecule has 1 aliphatic rings. The molecular weight excluding hydrogens is 727 g/mol. The molecule has 4 aromatic carbocycles. The van der Waals surface area contributed by atoms with Crippen molar-refractivity contribution < 1.29 is 28.7 Å². The molecule has 3 heterocycles. The molecule has 6 aromatic rings. The van der Waals surface area contributed by atoms with Crippen molar-refractivity contribution in [3.05, 3.63) is 129 Å². The van der Waals surface area contributed by atoms with Crippen LogP contribution in [0.5, 0.6) is 11.5 Å². The van der Waals surface area contributed by atoms with Gasteiger partial charge in [-0.25, -0.2) is 0 Å². The smallest absolute Gasteiger partial charge is 0.262 e. The number of hydrogen-bond donors (Lipinski definition) is 0. The third kappa shape index (κ3) is 6.83. The lowest BCUT2D eigenvalue weighted by Crippen LogP contribution is -2.51. The van der Waals surface area contributed by atoms with Crippen LogP contribution < -0.4 is 9.47 Å². The maximum atomic E-state index is 13.9. The average molecular weight is 766 g/mol. The highest BCUT2D eigenvalue weighted by atomic mass is 35.5. The van der Waals surface area contributed by atoms with Gasteiger partial charge in [0.15, 0.2) is 0 Å². The Kier molecular flexibility index (Phi) is 10.2. The summed E-state index contributed by atoms with van der Waals surface area (Å²) >= 11 is 12.2. The first-order chi connectivity index (χ1) is 26.0. The van der Waals surface area contributed by atoms with Crippen molar-refractivity contribution in [1.82, 2.24) is 18.9 Å². The molecule has 0 aliphatic carbocycles. The summed E-state index contributed by atoms with van der Waals surface area (Å²) in [5.74, 6) is 0.583. The third-order valence-corrected chi connectivity index (χ3v) is 10.8. The van der Waals surface area contributed by atoms with Crippen LogP contribution >= 0.6 is 23.2 Å². The molecule has 0 bridgehead atoms. The van der Waals surface area contributed by atoms with Gasteiger partial charge in [0.2, 0.25) is 11.8 Å². The van der Waals surface area contributed by atoms with Gasteiger partial charge in [0.05, 0.1) is 38.1 Å². The molecule has 0 radical (unpaired) electrons. The molecule has 0 spiro atoms. The van der Waals surface area contributed by atoms with Gasteiger partial charge in [-0.2, -0.15) is 0 Å². The molecule has 0 atom stereocenters. The van der Waals surface area contributed by atoms with Crippen LogP contribution in [0.1, 0.15) is 43.2 Å². The molecule has 1 saturated heterocycles. The fraction of sp³-hybridized carbons (Fsp3) is 0.238. The first-order valence-corrected chi connectivity index (χ1v) is 18.3. The van der Waals surface area contributed by atoms with Crippen molar-refractivity contribution >= 4 is 68.6 Å². The Bertz CT molecular complexity index is 2270. The Labute approximate surface area is 322 Å². The molecular formula is C42H38Cl2N4O6. The maximum Gasteiger partial charge on any atom is 0.262 e. The summed E-state index contributed by atoms with van der Waals surface area (Å²) in [5.41, 5.74) is 5.12. The highest BCUT2D eigenvalue weighted by Crippen LogP contribution is 2.33. The van der Waals surface area contributed by atoms with Gasteiger partial charge in [-0.15, -0.1) is 0 Å². The Morgan fingerprint density at radius 2 is 0.907 bits per heavy atom. The largest absolute Gasteiger partial charge is 0.497 e. The van der Waals surface area contributed by atoms with E-state index in [1.54, 1.807) is 93.8 Å². The standard InChI is InChI=1S/C42H38Cl2N4O6/c1-25-33(35-21-31(53-3)13-15-37(35)47(25)41(51)27-5-9-29(43)10-6-27)23-39(49)45-17-19-46(20-18-45)40(50)24-34-26(2)48(38-16-14-32(54-4)22-36(34)38)42(52)28-7-11-30(44)12-8-28/h5-16,21-22H,17-20,23-24H2,1-4H3. The summed E-state index contributed by atoms with van der Waals surface area (Å²) in [6, 6.07) is 24.4. The number of hydrogen-bond acceptors (Lipinski definition) is 6. The number of aromatic nitrogens is 2. The van der Waals surface area contributed by atoms with Gasteiger partial charge >= 0.3 is 0 Å². The SMILES string of the molecule is COc1ccc2c(c1)c(CC(=O)N1CCN(C(=O)Cc3c(C)n(C(=O)c4ccc(Cl)cc4)c4ccc(OC)cc34)CC1)c(C)n2C(=O)c1ccc(Cl)cc1. The predicted molar refractivity (Wildman–Crippen MR) is 209 cm³/mol. The van der Waals surface area contributed by atoms with E-state index in [1.165, 1.54) is 0 Å². The summed E-state index contributed by atoms with van der Waals surface area (Å²) in [4.78, 5) is 58.7. The van der Waals surface area contributed by atoms with Crippen LogP contribution in [-0.4, -0.2) is 83.0 Å². The van der Waals surface area contributed by atoms with Crippen molar-refractivity contribution in [2.24, 2.45) is 0 Å². The van der Waals surface area contributed by atoms with E-state index in [9.17, 15) is 19.2 Å². The van der Waals surface area contributed by atoms with Crippen LogP contribution in [-0.2, 0) is 22.4 Å². The molecule has 1 fully saturated rings. The van der Waals surface area contributed by atoms with Crippen molar-refractivity contribution in [1.29, 1.82) is 0 Å². The molecule has 2 amide bonds. The summed E-state index contributed by atoms with van der Waals surface area (Å²) in [5, 5.41) is 2.58. The maximum absolute atomic E-state index is 13.9. The number of nitrogens with zero attached hydrogens (tertiary/aromatic N) is 4. The molecule has 10 nitrogen and oxygen atoms in total. The zero-order valence-corrected chi connectivity index (χ0v) is 31.8. The van der Waals surface area contributed by atoms with Crippen molar-refractivity contribution in [2.45, 2.75) is 26.7 Å².